The van der Waals surface area contributed by atoms with E-state index in [9.17, 15) is 0 Å². The third-order valence-electron chi connectivity index (χ3n) is 4.90. The number of aromatic nitrogens is 1. The van der Waals surface area contributed by atoms with Gasteiger partial charge in [0.2, 0.25) is 5.88 Å². The number of nitrogens with two attached hydrogens (primary N) is 1. The van der Waals surface area contributed by atoms with Crippen LogP contribution in [0.4, 0.5) is 0 Å². The molecule has 5 heteroatoms. The number of ether oxygens (including phenoxy) is 2. The fourth-order valence-corrected chi connectivity index (χ4v) is 3.63. The lowest BCUT2D eigenvalue weighted by Gasteiger charge is -2.23. The Morgan fingerprint density at radius 3 is 2.78 bits per heavy atom. The van der Waals surface area contributed by atoms with E-state index in [1.807, 2.05) is 25.3 Å². The average Bonchev–Trinajstić information content (AvgIpc) is 3.06. The zero-order chi connectivity index (χ0) is 16.0. The van der Waals surface area contributed by atoms with Gasteiger partial charge in [-0.05, 0) is 29.7 Å². The quantitative estimate of drug-likeness (QED) is 0.924. The fourth-order valence-electron chi connectivity index (χ4n) is 3.63. The minimum absolute atomic E-state index is 0.00302. The third-order valence-corrected chi connectivity index (χ3v) is 4.90. The highest BCUT2D eigenvalue weighted by molar-refractivity contribution is 5.76. The van der Waals surface area contributed by atoms with Crippen LogP contribution in [-0.4, -0.2) is 29.8 Å². The molecule has 4 rings (SSSR count). The molecule has 1 aliphatic heterocycles. The summed E-state index contributed by atoms with van der Waals surface area (Å²) in [6.07, 6.45) is 3.55. The highest BCUT2D eigenvalue weighted by atomic mass is 16.5. The van der Waals surface area contributed by atoms with E-state index >= 15 is 0 Å². The maximum absolute atomic E-state index is 5.80. The number of amidine groups is 1. The van der Waals surface area contributed by atoms with Crippen LogP contribution in [0.3, 0.4) is 0 Å². The number of pyridine rings is 1. The highest BCUT2D eigenvalue weighted by Gasteiger charge is 2.48. The van der Waals surface area contributed by atoms with Crippen molar-refractivity contribution in [2.75, 3.05) is 7.11 Å². The molecular weight excluding hydrogens is 290 g/mol. The summed E-state index contributed by atoms with van der Waals surface area (Å²) in [5.74, 6) is 0.619. The number of hydrogen-bond donors (Lipinski definition) is 1. The summed E-state index contributed by atoms with van der Waals surface area (Å²) in [4.78, 5) is 8.93. The van der Waals surface area contributed by atoms with Crippen molar-refractivity contribution in [1.82, 2.24) is 4.98 Å². The monoisotopic (exact) mass is 309 g/mol. The Balaban J connectivity index is 1.75. The van der Waals surface area contributed by atoms with Crippen LogP contribution in [0.2, 0.25) is 0 Å². The lowest BCUT2D eigenvalue weighted by atomic mass is 9.90. The summed E-state index contributed by atoms with van der Waals surface area (Å²) in [7, 11) is 1.62. The largest absolute Gasteiger partial charge is 0.481 e. The van der Waals surface area contributed by atoms with Gasteiger partial charge in [-0.25, -0.2) is 9.98 Å². The molecule has 0 saturated heterocycles. The number of fused-ring (bicyclic) bond motifs is 1. The van der Waals surface area contributed by atoms with Gasteiger partial charge in [-0.2, -0.15) is 0 Å². The van der Waals surface area contributed by atoms with Crippen molar-refractivity contribution in [2.45, 2.75) is 31.4 Å². The summed E-state index contributed by atoms with van der Waals surface area (Å²) in [6.45, 7) is 2.05. The molecule has 2 aromatic rings. The Morgan fingerprint density at radius 1 is 1.26 bits per heavy atom. The highest BCUT2D eigenvalue weighted by Crippen LogP contribution is 2.43. The van der Waals surface area contributed by atoms with Gasteiger partial charge in [-0.1, -0.05) is 18.2 Å². The van der Waals surface area contributed by atoms with Crippen molar-refractivity contribution in [1.29, 1.82) is 0 Å². The maximum Gasteiger partial charge on any atom is 0.282 e. The first-order valence-corrected chi connectivity index (χ1v) is 7.74. The molecule has 0 bridgehead atoms. The molecule has 2 unspecified atom stereocenters. The van der Waals surface area contributed by atoms with E-state index in [0.717, 1.165) is 18.4 Å². The second kappa shape index (κ2) is 4.98. The van der Waals surface area contributed by atoms with E-state index in [1.54, 1.807) is 7.11 Å². The summed E-state index contributed by atoms with van der Waals surface area (Å²) < 4.78 is 10.7. The van der Waals surface area contributed by atoms with E-state index < -0.39 is 0 Å². The van der Waals surface area contributed by atoms with Gasteiger partial charge >= 0.3 is 0 Å². The van der Waals surface area contributed by atoms with Crippen LogP contribution in [0, 0.1) is 0 Å². The van der Waals surface area contributed by atoms with E-state index in [-0.39, 0.29) is 11.6 Å². The van der Waals surface area contributed by atoms with Crippen molar-refractivity contribution in [3.8, 4) is 17.0 Å². The Bertz CT molecular complexity index is 785. The first-order chi connectivity index (χ1) is 11.1. The molecule has 2 heterocycles. The van der Waals surface area contributed by atoms with Crippen LogP contribution in [0.25, 0.3) is 11.1 Å². The Morgan fingerprint density at radius 2 is 2.13 bits per heavy atom. The van der Waals surface area contributed by atoms with Crippen molar-refractivity contribution in [3.05, 3.63) is 47.7 Å². The van der Waals surface area contributed by atoms with Crippen LogP contribution >= 0.6 is 0 Å². The van der Waals surface area contributed by atoms with E-state index in [4.69, 9.17) is 15.2 Å². The van der Waals surface area contributed by atoms with Gasteiger partial charge in [0, 0.05) is 30.7 Å². The predicted octanol–water partition coefficient (Wildman–Crippen LogP) is 2.33. The van der Waals surface area contributed by atoms with Crippen LogP contribution in [0.5, 0.6) is 5.88 Å². The SMILES string of the molecule is COc1ccc(-c2cccc3c2CC2(C3)N=C(N)OC2C)cn1. The number of hydrogen-bond acceptors (Lipinski definition) is 5. The van der Waals surface area contributed by atoms with Crippen LogP contribution < -0.4 is 10.5 Å². The standard InChI is InChI=1S/C18H19N3O2/c1-11-18(21-17(19)23-11)8-12-4-3-5-14(15(12)9-18)13-6-7-16(22-2)20-10-13/h3-7,10-11H,8-9H2,1-2H3,(H2,19,21). The van der Waals surface area contributed by atoms with Gasteiger partial charge in [0.25, 0.3) is 6.02 Å². The summed E-state index contributed by atoms with van der Waals surface area (Å²) in [6, 6.07) is 10.6. The van der Waals surface area contributed by atoms with Crippen LogP contribution in [-0.2, 0) is 17.6 Å². The van der Waals surface area contributed by atoms with E-state index in [1.165, 1.54) is 16.7 Å². The number of benzene rings is 1. The van der Waals surface area contributed by atoms with Crippen LogP contribution in [0.15, 0.2) is 41.5 Å². The molecule has 0 fully saturated rings. The molecule has 118 valence electrons. The minimum Gasteiger partial charge on any atom is -0.481 e. The fraction of sp³-hybridized carbons (Fsp3) is 0.333. The Labute approximate surface area is 135 Å². The molecule has 1 aromatic heterocycles. The third kappa shape index (κ3) is 2.15. The molecule has 1 aromatic carbocycles. The molecule has 0 amide bonds. The van der Waals surface area contributed by atoms with E-state index in [2.05, 4.69) is 28.2 Å². The predicted molar refractivity (Wildman–Crippen MR) is 88.5 cm³/mol. The average molecular weight is 309 g/mol. The lowest BCUT2D eigenvalue weighted by Crippen LogP contribution is -2.36. The Hall–Kier alpha value is -2.56. The number of aliphatic imine (C=N–C) groups is 1. The summed E-state index contributed by atoms with van der Waals surface area (Å²) >= 11 is 0. The molecular formula is C18H19N3O2. The first kappa shape index (κ1) is 14.1. The molecule has 0 saturated carbocycles. The number of methoxy groups -OCH3 is 1. The van der Waals surface area contributed by atoms with Crippen molar-refractivity contribution in [2.24, 2.45) is 10.7 Å². The van der Waals surface area contributed by atoms with Gasteiger partial charge < -0.3 is 15.2 Å². The van der Waals surface area contributed by atoms with Gasteiger partial charge in [0.1, 0.15) is 11.6 Å². The summed E-state index contributed by atoms with van der Waals surface area (Å²) in [5.41, 5.74) is 10.4. The topological polar surface area (TPSA) is 69.7 Å². The van der Waals surface area contributed by atoms with Gasteiger partial charge in [-0.15, -0.1) is 0 Å². The van der Waals surface area contributed by atoms with Gasteiger partial charge in [0.15, 0.2) is 0 Å². The number of rotatable bonds is 2. The summed E-state index contributed by atoms with van der Waals surface area (Å²) in [5, 5.41) is 0. The zero-order valence-corrected chi connectivity index (χ0v) is 13.2. The molecule has 0 radical (unpaired) electrons. The van der Waals surface area contributed by atoms with Crippen molar-refractivity contribution in [3.63, 3.8) is 0 Å². The molecule has 1 spiro atoms. The number of nitrogens with zero attached hydrogens (tertiary/aromatic N) is 2. The second-order valence-electron chi connectivity index (χ2n) is 6.20. The molecule has 5 nitrogen and oxygen atoms in total. The molecule has 2 N–H and O–H groups in total. The van der Waals surface area contributed by atoms with Crippen molar-refractivity contribution >= 4 is 6.02 Å². The first-order valence-electron chi connectivity index (χ1n) is 7.74. The molecule has 1 aliphatic carbocycles. The molecule has 2 aliphatic rings. The van der Waals surface area contributed by atoms with Crippen LogP contribution in [0.1, 0.15) is 18.1 Å². The molecule has 2 atom stereocenters. The molecule has 23 heavy (non-hydrogen) atoms. The van der Waals surface area contributed by atoms with Gasteiger partial charge in [-0.3, -0.25) is 0 Å². The van der Waals surface area contributed by atoms with Crippen molar-refractivity contribution < 1.29 is 9.47 Å². The van der Waals surface area contributed by atoms with Gasteiger partial charge in [0.05, 0.1) is 7.11 Å². The minimum atomic E-state index is -0.261. The van der Waals surface area contributed by atoms with E-state index in [0.29, 0.717) is 11.9 Å². The maximum atomic E-state index is 5.80. The second-order valence-corrected chi connectivity index (χ2v) is 6.20. The smallest absolute Gasteiger partial charge is 0.282 e. The lowest BCUT2D eigenvalue weighted by molar-refractivity contribution is 0.157. The normalized spacial score (nSPS) is 25.1. The Kier molecular flexibility index (Phi) is 3.04. The zero-order valence-electron chi connectivity index (χ0n) is 13.2.